The van der Waals surface area contributed by atoms with Gasteiger partial charge in [0.25, 0.3) is 5.91 Å². The summed E-state index contributed by atoms with van der Waals surface area (Å²) in [5.41, 5.74) is 0.590. The number of esters is 1. The first-order valence-electron chi connectivity index (χ1n) is 6.89. The van der Waals surface area contributed by atoms with E-state index in [1.54, 1.807) is 13.0 Å². The monoisotopic (exact) mass is 279 g/mol. The Kier molecular flexibility index (Phi) is 4.79. The maximum absolute atomic E-state index is 12.2. The van der Waals surface area contributed by atoms with Gasteiger partial charge in [-0.1, -0.05) is 0 Å². The maximum Gasteiger partial charge on any atom is 0.328 e. The Bertz CT molecular complexity index is 478. The normalized spacial score (nSPS) is 17.5. The molecule has 110 valence electrons. The molecule has 1 aliphatic heterocycles. The molecule has 1 aliphatic rings. The highest BCUT2D eigenvalue weighted by atomic mass is 16.5. The Labute approximate surface area is 118 Å². The molecule has 0 unspecified atom stereocenters. The second kappa shape index (κ2) is 6.56. The zero-order chi connectivity index (χ0) is 14.5. The van der Waals surface area contributed by atoms with Crippen LogP contribution < -0.4 is 10.6 Å². The number of amides is 1. The van der Waals surface area contributed by atoms with Crippen molar-refractivity contribution < 1.29 is 14.3 Å². The molecule has 0 saturated carbocycles. The highest BCUT2D eigenvalue weighted by Crippen LogP contribution is 2.21. The number of carbonyl (C=O) groups is 2. The van der Waals surface area contributed by atoms with Gasteiger partial charge in [-0.3, -0.25) is 4.79 Å². The van der Waals surface area contributed by atoms with Crippen molar-refractivity contribution in [2.45, 2.75) is 31.8 Å². The summed E-state index contributed by atoms with van der Waals surface area (Å²) in [6.07, 6.45) is 3.93. The Hall–Kier alpha value is -1.82. The van der Waals surface area contributed by atoms with Gasteiger partial charge in [0.15, 0.2) is 0 Å². The second-order valence-electron chi connectivity index (χ2n) is 5.00. The molecule has 1 amide bonds. The van der Waals surface area contributed by atoms with Gasteiger partial charge in [-0.2, -0.15) is 0 Å². The Morgan fingerprint density at radius 2 is 2.15 bits per heavy atom. The number of nitrogens with zero attached hydrogens (tertiary/aromatic N) is 1. The highest BCUT2D eigenvalue weighted by molar-refractivity contribution is 5.95. The minimum atomic E-state index is -0.649. The number of hydrogen-bond donors (Lipinski definition) is 2. The average Bonchev–Trinajstić information content (AvgIpc) is 2.96. The molecule has 2 rings (SSSR count). The fourth-order valence-electron chi connectivity index (χ4n) is 2.50. The maximum atomic E-state index is 12.2. The standard InChI is InChI=1S/C14H21N3O3/c1-10(14(19)20-2)16-13(18)12-4-3-9-17(12)11-5-7-15-8-6-11/h3-4,9-11,15H,5-8H2,1-2H3,(H,16,18)/t10-/m0/s1. The van der Waals surface area contributed by atoms with E-state index in [-0.39, 0.29) is 5.91 Å². The minimum Gasteiger partial charge on any atom is -0.467 e. The van der Waals surface area contributed by atoms with Gasteiger partial charge >= 0.3 is 5.97 Å². The van der Waals surface area contributed by atoms with Crippen molar-refractivity contribution in [3.8, 4) is 0 Å². The van der Waals surface area contributed by atoms with Crippen molar-refractivity contribution in [3.05, 3.63) is 24.0 Å². The third-order valence-corrected chi connectivity index (χ3v) is 3.62. The summed E-state index contributed by atoms with van der Waals surface area (Å²) in [5, 5.41) is 5.97. The van der Waals surface area contributed by atoms with Crippen LogP contribution in [-0.2, 0) is 9.53 Å². The zero-order valence-electron chi connectivity index (χ0n) is 11.9. The van der Waals surface area contributed by atoms with E-state index in [1.807, 2.05) is 16.8 Å². The molecule has 2 N–H and O–H groups in total. The molecule has 1 aromatic rings. The second-order valence-corrected chi connectivity index (χ2v) is 5.00. The van der Waals surface area contributed by atoms with Gasteiger partial charge in [0, 0.05) is 12.2 Å². The van der Waals surface area contributed by atoms with Gasteiger partial charge < -0.3 is 19.9 Å². The molecule has 1 fully saturated rings. The molecule has 6 heteroatoms. The number of rotatable bonds is 4. The van der Waals surface area contributed by atoms with Crippen LogP contribution in [0.3, 0.4) is 0 Å². The predicted octanol–water partition coefficient (Wildman–Crippen LogP) is 0.704. The lowest BCUT2D eigenvalue weighted by molar-refractivity contribution is -0.142. The van der Waals surface area contributed by atoms with Crippen LogP contribution in [0, 0.1) is 0 Å². The van der Waals surface area contributed by atoms with E-state index in [2.05, 4.69) is 15.4 Å². The fraction of sp³-hybridized carbons (Fsp3) is 0.571. The van der Waals surface area contributed by atoms with Gasteiger partial charge in [0.2, 0.25) is 0 Å². The van der Waals surface area contributed by atoms with Crippen LogP contribution in [0.2, 0.25) is 0 Å². The van der Waals surface area contributed by atoms with Crippen LogP contribution >= 0.6 is 0 Å². The number of ether oxygens (including phenoxy) is 1. The quantitative estimate of drug-likeness (QED) is 0.796. The summed E-state index contributed by atoms with van der Waals surface area (Å²) in [6.45, 7) is 3.53. The van der Waals surface area contributed by atoms with Gasteiger partial charge in [-0.25, -0.2) is 4.79 Å². The molecule has 2 heterocycles. The first-order valence-corrected chi connectivity index (χ1v) is 6.89. The van der Waals surface area contributed by atoms with E-state index in [0.29, 0.717) is 11.7 Å². The molecule has 0 bridgehead atoms. The Balaban J connectivity index is 2.07. The highest BCUT2D eigenvalue weighted by Gasteiger charge is 2.22. The van der Waals surface area contributed by atoms with E-state index in [0.717, 1.165) is 25.9 Å². The van der Waals surface area contributed by atoms with Crippen molar-refractivity contribution in [1.29, 1.82) is 0 Å². The zero-order valence-corrected chi connectivity index (χ0v) is 11.9. The van der Waals surface area contributed by atoms with E-state index >= 15 is 0 Å². The summed E-state index contributed by atoms with van der Waals surface area (Å²) < 4.78 is 6.61. The third-order valence-electron chi connectivity index (χ3n) is 3.62. The number of nitrogens with one attached hydrogen (secondary N) is 2. The SMILES string of the molecule is COC(=O)[C@H](C)NC(=O)c1cccn1C1CCNCC1. The molecule has 1 saturated heterocycles. The van der Waals surface area contributed by atoms with Gasteiger partial charge in [0.05, 0.1) is 7.11 Å². The van der Waals surface area contributed by atoms with Crippen LogP contribution in [0.1, 0.15) is 36.3 Å². The lowest BCUT2D eigenvalue weighted by Gasteiger charge is -2.26. The number of piperidine rings is 1. The predicted molar refractivity (Wildman–Crippen MR) is 74.5 cm³/mol. The molecular formula is C14H21N3O3. The lowest BCUT2D eigenvalue weighted by Crippen LogP contribution is -2.40. The summed E-state index contributed by atoms with van der Waals surface area (Å²) >= 11 is 0. The number of aromatic nitrogens is 1. The molecule has 0 spiro atoms. The fourth-order valence-corrected chi connectivity index (χ4v) is 2.50. The summed E-state index contributed by atoms with van der Waals surface area (Å²) in [4.78, 5) is 23.6. The largest absolute Gasteiger partial charge is 0.467 e. The number of methoxy groups -OCH3 is 1. The van der Waals surface area contributed by atoms with Gasteiger partial charge in [-0.15, -0.1) is 0 Å². The Morgan fingerprint density at radius 3 is 2.80 bits per heavy atom. The molecule has 20 heavy (non-hydrogen) atoms. The molecule has 6 nitrogen and oxygen atoms in total. The lowest BCUT2D eigenvalue weighted by atomic mass is 10.1. The molecule has 0 aromatic carbocycles. The van der Waals surface area contributed by atoms with Crippen LogP contribution in [0.15, 0.2) is 18.3 Å². The minimum absolute atomic E-state index is 0.244. The third kappa shape index (κ3) is 3.19. The Morgan fingerprint density at radius 1 is 1.45 bits per heavy atom. The first kappa shape index (κ1) is 14.6. The van der Waals surface area contributed by atoms with Gasteiger partial charge in [-0.05, 0) is 45.0 Å². The van der Waals surface area contributed by atoms with Crippen molar-refractivity contribution in [1.82, 2.24) is 15.2 Å². The molecule has 1 aromatic heterocycles. The summed E-state index contributed by atoms with van der Waals surface area (Å²) in [7, 11) is 1.31. The smallest absolute Gasteiger partial charge is 0.328 e. The molecule has 0 aliphatic carbocycles. The summed E-state index contributed by atoms with van der Waals surface area (Å²) in [5.74, 6) is -0.690. The molecule has 0 radical (unpaired) electrons. The summed E-state index contributed by atoms with van der Waals surface area (Å²) in [6, 6.07) is 3.32. The van der Waals surface area contributed by atoms with Crippen molar-refractivity contribution >= 4 is 11.9 Å². The topological polar surface area (TPSA) is 72.4 Å². The van der Waals surface area contributed by atoms with Crippen LogP contribution in [0.25, 0.3) is 0 Å². The average molecular weight is 279 g/mol. The van der Waals surface area contributed by atoms with E-state index in [4.69, 9.17) is 0 Å². The van der Waals surface area contributed by atoms with Crippen molar-refractivity contribution in [3.63, 3.8) is 0 Å². The van der Waals surface area contributed by atoms with Crippen LogP contribution in [0.5, 0.6) is 0 Å². The number of carbonyl (C=O) groups excluding carboxylic acids is 2. The van der Waals surface area contributed by atoms with E-state index in [9.17, 15) is 9.59 Å². The van der Waals surface area contributed by atoms with Crippen LogP contribution in [0.4, 0.5) is 0 Å². The van der Waals surface area contributed by atoms with Crippen molar-refractivity contribution in [2.24, 2.45) is 0 Å². The van der Waals surface area contributed by atoms with Crippen molar-refractivity contribution in [2.75, 3.05) is 20.2 Å². The van der Waals surface area contributed by atoms with E-state index < -0.39 is 12.0 Å². The molecular weight excluding hydrogens is 258 g/mol. The number of hydrogen-bond acceptors (Lipinski definition) is 4. The van der Waals surface area contributed by atoms with E-state index in [1.165, 1.54) is 7.11 Å². The van der Waals surface area contributed by atoms with Gasteiger partial charge in [0.1, 0.15) is 11.7 Å². The molecule has 1 atom stereocenters. The van der Waals surface area contributed by atoms with Crippen LogP contribution in [-0.4, -0.2) is 42.7 Å². The first-order chi connectivity index (χ1) is 9.63.